The summed E-state index contributed by atoms with van der Waals surface area (Å²) in [5.41, 5.74) is 4.90. The van der Waals surface area contributed by atoms with E-state index >= 15 is 0 Å². The minimum atomic E-state index is 0.0632. The summed E-state index contributed by atoms with van der Waals surface area (Å²) in [5.74, 6) is 0.589. The normalized spacial score (nSPS) is 13.4. The highest BCUT2D eigenvalue weighted by Crippen LogP contribution is 2.31. The largest absolute Gasteiger partial charge is 0.385 e. The van der Waals surface area contributed by atoms with Crippen LogP contribution in [0, 0.1) is 0 Å². The van der Waals surface area contributed by atoms with Gasteiger partial charge in [0.25, 0.3) is 0 Å². The van der Waals surface area contributed by atoms with E-state index in [9.17, 15) is 0 Å². The van der Waals surface area contributed by atoms with Crippen LogP contribution in [0.4, 0.5) is 5.69 Å². The van der Waals surface area contributed by atoms with Gasteiger partial charge in [0.1, 0.15) is 0 Å². The van der Waals surface area contributed by atoms with Gasteiger partial charge >= 0.3 is 0 Å². The maximum Gasteiger partial charge on any atom is 0.0726 e. The zero-order valence-electron chi connectivity index (χ0n) is 14.2. The number of aromatic nitrogens is 1. The van der Waals surface area contributed by atoms with Crippen molar-refractivity contribution < 1.29 is 0 Å². The number of benzene rings is 1. The molecule has 0 radical (unpaired) electrons. The van der Waals surface area contributed by atoms with Crippen molar-refractivity contribution in [2.24, 2.45) is 0 Å². The first-order valence-corrected chi connectivity index (χ1v) is 8.05. The molecule has 0 aliphatic carbocycles. The number of hydrogen-bond acceptors (Lipinski definition) is 2. The summed E-state index contributed by atoms with van der Waals surface area (Å²) in [7, 11) is 0. The maximum absolute atomic E-state index is 4.88. The van der Waals surface area contributed by atoms with Crippen molar-refractivity contribution in [2.75, 3.05) is 11.9 Å². The number of hydrogen-bond donors (Lipinski definition) is 1. The van der Waals surface area contributed by atoms with Gasteiger partial charge in [-0.2, -0.15) is 0 Å². The number of nitrogens with zero attached hydrogens (tertiary/aromatic N) is 1. The molecular weight excluding hydrogens is 256 g/mol. The molecule has 1 aromatic carbocycles. The fraction of sp³-hybridized carbons (Fsp3) is 0.526. The number of fused-ring (bicyclic) bond motifs is 1. The summed E-state index contributed by atoms with van der Waals surface area (Å²) in [6.45, 7) is 14.2. The van der Waals surface area contributed by atoms with Gasteiger partial charge in [-0.25, -0.2) is 0 Å². The Labute approximate surface area is 129 Å². The van der Waals surface area contributed by atoms with E-state index in [2.05, 4.69) is 71.1 Å². The lowest BCUT2D eigenvalue weighted by molar-refractivity contribution is 0.572. The highest BCUT2D eigenvalue weighted by atomic mass is 14.9. The third-order valence-electron chi connectivity index (χ3n) is 4.15. The average molecular weight is 284 g/mol. The fourth-order valence-electron chi connectivity index (χ4n) is 2.51. The molecular formula is C19H28N2. The van der Waals surface area contributed by atoms with Gasteiger partial charge in [0.05, 0.1) is 5.52 Å². The quantitative estimate of drug-likeness (QED) is 0.804. The molecule has 1 unspecified atom stereocenters. The van der Waals surface area contributed by atoms with Gasteiger partial charge in [-0.3, -0.25) is 4.98 Å². The SMILES string of the molecule is CCNc1cc(C(C)(C)C)nc2ccc(C(C)CC)cc12. The lowest BCUT2D eigenvalue weighted by Crippen LogP contribution is -2.14. The van der Waals surface area contributed by atoms with Crippen LogP contribution >= 0.6 is 0 Å². The fourth-order valence-corrected chi connectivity index (χ4v) is 2.51. The molecule has 21 heavy (non-hydrogen) atoms. The number of pyridine rings is 1. The summed E-state index contributed by atoms with van der Waals surface area (Å²) in [4.78, 5) is 4.88. The molecule has 0 bridgehead atoms. The second-order valence-electron chi connectivity index (χ2n) is 6.92. The molecule has 1 aromatic heterocycles. The van der Waals surface area contributed by atoms with Gasteiger partial charge in [0, 0.05) is 28.7 Å². The van der Waals surface area contributed by atoms with Crippen LogP contribution in [0.25, 0.3) is 10.9 Å². The third-order valence-corrected chi connectivity index (χ3v) is 4.15. The molecule has 2 heteroatoms. The van der Waals surface area contributed by atoms with E-state index in [-0.39, 0.29) is 5.41 Å². The molecule has 0 fully saturated rings. The standard InChI is InChI=1S/C19H28N2/c1-7-13(3)14-9-10-16-15(11-14)17(20-8-2)12-18(21-16)19(4,5)6/h9-13H,7-8H2,1-6H3,(H,20,21). The Morgan fingerprint density at radius 3 is 2.43 bits per heavy atom. The summed E-state index contributed by atoms with van der Waals surface area (Å²) >= 11 is 0. The van der Waals surface area contributed by atoms with Crippen LogP contribution in [0.5, 0.6) is 0 Å². The van der Waals surface area contributed by atoms with Crippen LogP contribution in [-0.4, -0.2) is 11.5 Å². The first-order valence-electron chi connectivity index (χ1n) is 8.05. The Kier molecular flexibility index (Phi) is 4.55. The van der Waals surface area contributed by atoms with E-state index in [0.717, 1.165) is 24.2 Å². The van der Waals surface area contributed by atoms with E-state index in [4.69, 9.17) is 4.98 Å². The Balaban J connectivity index is 2.64. The zero-order chi connectivity index (χ0) is 15.6. The van der Waals surface area contributed by atoms with Crippen molar-refractivity contribution in [3.05, 3.63) is 35.5 Å². The number of nitrogens with one attached hydrogen (secondary N) is 1. The van der Waals surface area contributed by atoms with E-state index in [1.165, 1.54) is 16.6 Å². The number of anilines is 1. The molecule has 0 aliphatic rings. The topological polar surface area (TPSA) is 24.9 Å². The summed E-state index contributed by atoms with van der Waals surface area (Å²) in [5, 5.41) is 4.75. The molecule has 0 saturated heterocycles. The van der Waals surface area contributed by atoms with Crippen LogP contribution in [0.15, 0.2) is 24.3 Å². The molecule has 2 aromatic rings. The molecule has 114 valence electrons. The van der Waals surface area contributed by atoms with Crippen molar-refractivity contribution in [3.8, 4) is 0 Å². The summed E-state index contributed by atoms with van der Waals surface area (Å²) < 4.78 is 0. The Bertz CT molecular complexity index is 623. The minimum absolute atomic E-state index is 0.0632. The monoisotopic (exact) mass is 284 g/mol. The first kappa shape index (κ1) is 15.8. The molecule has 1 heterocycles. The second kappa shape index (κ2) is 6.05. The summed E-state index contributed by atoms with van der Waals surface area (Å²) in [6.07, 6.45) is 1.16. The summed E-state index contributed by atoms with van der Waals surface area (Å²) in [6, 6.07) is 8.92. The predicted octanol–water partition coefficient (Wildman–Crippen LogP) is 5.48. The first-order chi connectivity index (χ1) is 9.86. The Morgan fingerprint density at radius 1 is 1.14 bits per heavy atom. The molecule has 2 rings (SSSR count). The van der Waals surface area contributed by atoms with E-state index in [0.29, 0.717) is 5.92 Å². The third kappa shape index (κ3) is 3.37. The van der Waals surface area contributed by atoms with Gasteiger partial charge in [-0.05, 0) is 43.0 Å². The van der Waals surface area contributed by atoms with E-state index in [1.54, 1.807) is 0 Å². The second-order valence-corrected chi connectivity index (χ2v) is 6.92. The zero-order valence-corrected chi connectivity index (χ0v) is 14.2. The van der Waals surface area contributed by atoms with Crippen molar-refractivity contribution in [2.45, 2.75) is 59.3 Å². The molecule has 0 amide bonds. The molecule has 2 nitrogen and oxygen atoms in total. The van der Waals surface area contributed by atoms with Crippen molar-refractivity contribution in [3.63, 3.8) is 0 Å². The maximum atomic E-state index is 4.88. The van der Waals surface area contributed by atoms with Crippen molar-refractivity contribution >= 4 is 16.6 Å². The lowest BCUT2D eigenvalue weighted by Gasteiger charge is -2.21. The van der Waals surface area contributed by atoms with Gasteiger partial charge in [-0.15, -0.1) is 0 Å². The highest BCUT2D eigenvalue weighted by molar-refractivity contribution is 5.92. The van der Waals surface area contributed by atoms with E-state index < -0.39 is 0 Å². The van der Waals surface area contributed by atoms with Gasteiger partial charge in [0.2, 0.25) is 0 Å². The van der Waals surface area contributed by atoms with Crippen LogP contribution in [0.2, 0.25) is 0 Å². The van der Waals surface area contributed by atoms with Gasteiger partial charge in [0.15, 0.2) is 0 Å². The van der Waals surface area contributed by atoms with E-state index in [1.807, 2.05) is 0 Å². The van der Waals surface area contributed by atoms with Gasteiger partial charge in [-0.1, -0.05) is 40.7 Å². The van der Waals surface area contributed by atoms with Crippen LogP contribution in [0.1, 0.15) is 65.1 Å². The minimum Gasteiger partial charge on any atom is -0.385 e. The molecule has 1 N–H and O–H groups in total. The average Bonchev–Trinajstić information content (AvgIpc) is 2.45. The smallest absolute Gasteiger partial charge is 0.0726 e. The van der Waals surface area contributed by atoms with Gasteiger partial charge < -0.3 is 5.32 Å². The van der Waals surface area contributed by atoms with Crippen molar-refractivity contribution in [1.29, 1.82) is 0 Å². The van der Waals surface area contributed by atoms with Crippen LogP contribution in [-0.2, 0) is 5.41 Å². The molecule has 0 aliphatic heterocycles. The molecule has 0 saturated carbocycles. The Hall–Kier alpha value is -1.57. The van der Waals surface area contributed by atoms with Crippen LogP contribution < -0.4 is 5.32 Å². The highest BCUT2D eigenvalue weighted by Gasteiger charge is 2.18. The Morgan fingerprint density at radius 2 is 1.86 bits per heavy atom. The molecule has 1 atom stereocenters. The lowest BCUT2D eigenvalue weighted by atomic mass is 9.90. The number of rotatable bonds is 4. The van der Waals surface area contributed by atoms with Crippen molar-refractivity contribution in [1.82, 2.24) is 4.98 Å². The predicted molar refractivity (Wildman–Crippen MR) is 93.3 cm³/mol. The van der Waals surface area contributed by atoms with Crippen LogP contribution in [0.3, 0.4) is 0 Å². The molecule has 0 spiro atoms.